The monoisotopic (exact) mass is 520 g/mol. The number of aromatic carboxylic acids is 1. The molecular weight excluding hydrogens is 506 g/mol. The predicted molar refractivity (Wildman–Crippen MR) is 103 cm³/mol. The molecule has 2 aromatic rings. The number of nitrogens with one attached hydrogen (secondary N) is 1. The zero-order valence-electron chi connectivity index (χ0n) is 17.3. The molecule has 0 saturated heterocycles. The lowest BCUT2D eigenvalue weighted by Gasteiger charge is -2.10. The summed E-state index contributed by atoms with van der Waals surface area (Å²) in [5, 5.41) is 44.1. The van der Waals surface area contributed by atoms with Crippen LogP contribution in [-0.4, -0.2) is 65.4 Å². The largest absolute Gasteiger partial charge is 0.494 e. The van der Waals surface area contributed by atoms with Crippen LogP contribution in [0.25, 0.3) is 0 Å². The topological polar surface area (TPSA) is 173 Å². The van der Waals surface area contributed by atoms with Crippen LogP contribution in [-0.2, 0) is 0 Å². The number of carboxylic acids is 1. The van der Waals surface area contributed by atoms with Gasteiger partial charge in [-0.25, -0.2) is 39.9 Å². The second-order valence-electron chi connectivity index (χ2n) is 5.72. The number of carbonyl (C=O) groups is 2. The molecule has 19 heteroatoms. The molecule has 0 aromatic heterocycles. The van der Waals surface area contributed by atoms with Crippen molar-refractivity contribution in [3.63, 3.8) is 0 Å². The van der Waals surface area contributed by atoms with Crippen LogP contribution < -0.4 is 22.0 Å². The lowest BCUT2D eigenvalue weighted by molar-refractivity contribution is 0.0683. The molecule has 0 saturated carbocycles. The SMILES string of the molecule is CN.CNC(=O)c1c(F)c(F)c(B(O)O)c(F)c1F.O=C(O)c1c(F)c(F)c(B(O)O)c(F)c1F. The van der Waals surface area contributed by atoms with E-state index in [2.05, 4.69) is 5.73 Å². The predicted octanol–water partition coefficient (Wildman–Crippen LogP) is -1.52. The van der Waals surface area contributed by atoms with Gasteiger partial charge in [0.1, 0.15) is 11.1 Å². The van der Waals surface area contributed by atoms with Gasteiger partial charge in [-0.15, -0.1) is 0 Å². The normalized spacial score (nSPS) is 9.91. The van der Waals surface area contributed by atoms with E-state index >= 15 is 0 Å². The Balaban J connectivity index is 0.000000618. The van der Waals surface area contributed by atoms with Gasteiger partial charge in [-0.1, -0.05) is 0 Å². The summed E-state index contributed by atoms with van der Waals surface area (Å²) in [6.07, 6.45) is 0. The molecule has 0 aliphatic carbocycles. The second-order valence-corrected chi connectivity index (χ2v) is 5.72. The fourth-order valence-corrected chi connectivity index (χ4v) is 2.26. The molecule has 2 rings (SSSR count). The van der Waals surface area contributed by atoms with Crippen molar-refractivity contribution in [3.05, 3.63) is 57.7 Å². The third-order valence-corrected chi connectivity index (χ3v) is 3.78. The summed E-state index contributed by atoms with van der Waals surface area (Å²) in [5.74, 6) is -20.4. The molecule has 0 spiro atoms. The Morgan fingerprint density at radius 3 is 1.09 bits per heavy atom. The number of carbonyl (C=O) groups excluding carboxylic acids is 1. The maximum atomic E-state index is 13.2. The lowest BCUT2D eigenvalue weighted by Crippen LogP contribution is -2.39. The van der Waals surface area contributed by atoms with E-state index in [1.807, 2.05) is 0 Å². The van der Waals surface area contributed by atoms with Crippen molar-refractivity contribution in [1.82, 2.24) is 5.32 Å². The van der Waals surface area contributed by atoms with Crippen molar-refractivity contribution in [3.8, 4) is 0 Å². The van der Waals surface area contributed by atoms with Crippen molar-refractivity contribution in [2.24, 2.45) is 5.73 Å². The van der Waals surface area contributed by atoms with E-state index in [1.54, 1.807) is 5.32 Å². The zero-order valence-corrected chi connectivity index (χ0v) is 17.3. The smallest absolute Gasteiger partial charge is 0.477 e. The van der Waals surface area contributed by atoms with Crippen LogP contribution in [0.3, 0.4) is 0 Å². The number of amides is 1. The van der Waals surface area contributed by atoms with Crippen molar-refractivity contribution >= 4 is 37.0 Å². The quantitative estimate of drug-likeness (QED) is 0.145. The number of hydrogen-bond acceptors (Lipinski definition) is 7. The number of halogens is 8. The summed E-state index contributed by atoms with van der Waals surface area (Å²) in [4.78, 5) is 21.3. The van der Waals surface area contributed by atoms with E-state index in [0.29, 0.717) is 0 Å². The third kappa shape index (κ3) is 6.45. The molecule has 0 atom stereocenters. The van der Waals surface area contributed by atoms with Gasteiger partial charge >= 0.3 is 20.2 Å². The van der Waals surface area contributed by atoms with Crippen LogP contribution in [0.5, 0.6) is 0 Å². The van der Waals surface area contributed by atoms with Crippen LogP contribution in [0.2, 0.25) is 0 Å². The highest BCUT2D eigenvalue weighted by Gasteiger charge is 2.34. The molecule has 0 radical (unpaired) electrons. The first kappa shape index (κ1) is 31.7. The van der Waals surface area contributed by atoms with Gasteiger partial charge in [0.2, 0.25) is 0 Å². The molecule has 0 bridgehead atoms. The minimum Gasteiger partial charge on any atom is -0.477 e. The third-order valence-electron chi connectivity index (χ3n) is 3.78. The summed E-state index contributed by atoms with van der Waals surface area (Å²) in [5.41, 5.74) is -2.07. The van der Waals surface area contributed by atoms with Crippen molar-refractivity contribution in [2.45, 2.75) is 0 Å². The second kappa shape index (κ2) is 13.0. The molecule has 0 fully saturated rings. The Morgan fingerprint density at radius 1 is 0.629 bits per heavy atom. The Morgan fingerprint density at radius 2 is 0.886 bits per heavy atom. The van der Waals surface area contributed by atoms with Crippen LogP contribution >= 0.6 is 0 Å². The van der Waals surface area contributed by atoms with E-state index in [1.165, 1.54) is 7.05 Å². The highest BCUT2D eigenvalue weighted by Crippen LogP contribution is 2.19. The maximum absolute atomic E-state index is 13.2. The van der Waals surface area contributed by atoms with Gasteiger partial charge in [-0.2, -0.15) is 0 Å². The molecule has 0 aliphatic rings. The number of carboxylic acid groups (broad SMARTS) is 1. The first-order valence-electron chi connectivity index (χ1n) is 8.58. The van der Waals surface area contributed by atoms with Crippen LogP contribution in [0.15, 0.2) is 0 Å². The molecule has 1 amide bonds. The number of hydrogen-bond donors (Lipinski definition) is 7. The molecule has 0 aliphatic heterocycles. The van der Waals surface area contributed by atoms with Gasteiger partial charge in [-0.3, -0.25) is 4.79 Å². The van der Waals surface area contributed by atoms with Crippen molar-refractivity contribution in [1.29, 1.82) is 0 Å². The van der Waals surface area contributed by atoms with Crippen LogP contribution in [0.4, 0.5) is 35.1 Å². The fourth-order valence-electron chi connectivity index (χ4n) is 2.26. The van der Waals surface area contributed by atoms with Crippen LogP contribution in [0.1, 0.15) is 20.7 Å². The minimum atomic E-state index is -2.80. The van der Waals surface area contributed by atoms with E-state index in [4.69, 9.17) is 25.2 Å². The first-order chi connectivity index (χ1) is 16.1. The Kier molecular flexibility index (Phi) is 11.8. The summed E-state index contributed by atoms with van der Waals surface area (Å²) in [7, 11) is -3.03. The lowest BCUT2D eigenvalue weighted by atomic mass is 9.78. The Labute approximate surface area is 190 Å². The van der Waals surface area contributed by atoms with E-state index < -0.39 is 94.7 Å². The van der Waals surface area contributed by atoms with Gasteiger partial charge in [0.15, 0.2) is 46.5 Å². The average Bonchev–Trinajstić information content (AvgIpc) is 2.78. The molecule has 192 valence electrons. The van der Waals surface area contributed by atoms with Crippen molar-refractivity contribution in [2.75, 3.05) is 14.1 Å². The summed E-state index contributed by atoms with van der Waals surface area (Å²) < 4.78 is 105. The number of benzene rings is 2. The molecule has 35 heavy (non-hydrogen) atoms. The number of rotatable bonds is 4. The minimum absolute atomic E-state index is 1.01. The highest BCUT2D eigenvalue weighted by molar-refractivity contribution is 6.59. The molecule has 9 nitrogen and oxygen atoms in total. The fraction of sp³-hybridized carbons (Fsp3) is 0.125. The zero-order chi connectivity index (χ0) is 27.9. The average molecular weight is 520 g/mol. The summed E-state index contributed by atoms with van der Waals surface area (Å²) in [6.45, 7) is 0. The van der Waals surface area contributed by atoms with E-state index in [9.17, 15) is 44.7 Å². The van der Waals surface area contributed by atoms with Gasteiger partial charge in [0.25, 0.3) is 5.91 Å². The summed E-state index contributed by atoms with van der Waals surface area (Å²) in [6, 6.07) is 0. The van der Waals surface area contributed by atoms with Gasteiger partial charge in [0, 0.05) is 7.05 Å². The molecule has 2 aromatic carbocycles. The Bertz CT molecular complexity index is 1060. The molecular formula is C16H14B2F8N2O7. The number of nitrogens with two attached hydrogens (primary N) is 1. The van der Waals surface area contributed by atoms with Crippen LogP contribution in [0, 0.1) is 46.5 Å². The molecule has 0 unspecified atom stereocenters. The first-order valence-corrected chi connectivity index (χ1v) is 8.58. The standard InChI is InChI=1S/C8H6BF4NO3.C7H3BF4O4.CH5N/c1-14-8(15)2-4(10)6(12)3(9(16)17)7(13)5(2)11;9-3-1(7(13)14)4(10)6(12)2(5(3)11)8(15)16;1-2/h16-17H,1H3,(H,14,15);15-16H,(H,13,14);2H2,1H3. The van der Waals surface area contributed by atoms with Gasteiger partial charge < -0.3 is 36.3 Å². The maximum Gasteiger partial charge on any atom is 0.494 e. The van der Waals surface area contributed by atoms with E-state index in [0.717, 1.165) is 7.05 Å². The summed E-state index contributed by atoms with van der Waals surface area (Å²) >= 11 is 0. The van der Waals surface area contributed by atoms with Gasteiger partial charge in [-0.05, 0) is 7.05 Å². The highest BCUT2D eigenvalue weighted by atomic mass is 19.2. The molecule has 0 heterocycles. The molecule has 8 N–H and O–H groups in total. The Hall–Kier alpha value is -3.25. The van der Waals surface area contributed by atoms with Gasteiger partial charge in [0.05, 0.1) is 10.9 Å². The van der Waals surface area contributed by atoms with E-state index in [-0.39, 0.29) is 0 Å². The van der Waals surface area contributed by atoms with Crippen molar-refractivity contribution < 1.29 is 69.9 Å².